The van der Waals surface area contributed by atoms with Crippen LogP contribution in [-0.4, -0.2) is 45.4 Å². The van der Waals surface area contributed by atoms with Gasteiger partial charge in [-0.3, -0.25) is 9.59 Å². The van der Waals surface area contributed by atoms with E-state index < -0.39 is 17.7 Å². The Hall–Kier alpha value is -4.52. The molecular formula is C32H32N2O5. The van der Waals surface area contributed by atoms with E-state index in [2.05, 4.69) is 25.8 Å². The summed E-state index contributed by atoms with van der Waals surface area (Å²) in [7, 11) is 1.50. The van der Waals surface area contributed by atoms with Crippen LogP contribution in [-0.2, 0) is 21.4 Å². The summed E-state index contributed by atoms with van der Waals surface area (Å²) in [5.41, 5.74) is 3.55. The third kappa shape index (κ3) is 4.76. The van der Waals surface area contributed by atoms with Gasteiger partial charge in [0.05, 0.1) is 24.3 Å². The molecule has 0 radical (unpaired) electrons. The number of ether oxygens (including phenoxy) is 1. The third-order valence-electron chi connectivity index (χ3n) is 7.34. The highest BCUT2D eigenvalue weighted by atomic mass is 16.5. The van der Waals surface area contributed by atoms with E-state index in [4.69, 9.17) is 4.74 Å². The van der Waals surface area contributed by atoms with Crippen LogP contribution in [0.25, 0.3) is 16.7 Å². The number of carbonyl (C=O) groups is 2. The van der Waals surface area contributed by atoms with Gasteiger partial charge in [0.15, 0.2) is 0 Å². The van der Waals surface area contributed by atoms with Gasteiger partial charge in [-0.05, 0) is 58.9 Å². The van der Waals surface area contributed by atoms with Gasteiger partial charge in [-0.15, -0.1) is 0 Å². The minimum Gasteiger partial charge on any atom is -0.508 e. The second kappa shape index (κ2) is 9.98. The van der Waals surface area contributed by atoms with Gasteiger partial charge >= 0.3 is 0 Å². The fourth-order valence-electron chi connectivity index (χ4n) is 5.24. The zero-order chi connectivity index (χ0) is 27.9. The molecule has 1 amide bonds. The topological polar surface area (TPSA) is 103 Å². The summed E-state index contributed by atoms with van der Waals surface area (Å²) in [5.74, 6) is -1.39. The number of aliphatic hydroxyl groups is 1. The average Bonchev–Trinajstić information content (AvgIpc) is 3.44. The van der Waals surface area contributed by atoms with Gasteiger partial charge < -0.3 is 24.8 Å². The van der Waals surface area contributed by atoms with Gasteiger partial charge in [-0.25, -0.2) is 0 Å². The summed E-state index contributed by atoms with van der Waals surface area (Å²) in [5, 5.41) is 23.0. The number of aromatic nitrogens is 1. The first-order chi connectivity index (χ1) is 18.6. The minimum atomic E-state index is -0.884. The molecule has 0 bridgehead atoms. The third-order valence-corrected chi connectivity index (χ3v) is 7.34. The minimum absolute atomic E-state index is 0.00188. The van der Waals surface area contributed by atoms with Gasteiger partial charge in [0.1, 0.15) is 17.3 Å². The molecule has 1 atom stereocenters. The molecule has 1 aliphatic rings. The zero-order valence-electron chi connectivity index (χ0n) is 22.5. The van der Waals surface area contributed by atoms with Crippen molar-refractivity contribution in [1.29, 1.82) is 0 Å². The highest BCUT2D eigenvalue weighted by molar-refractivity contribution is 6.46. The Morgan fingerprint density at radius 2 is 1.79 bits per heavy atom. The van der Waals surface area contributed by atoms with Crippen molar-refractivity contribution in [1.82, 2.24) is 9.88 Å². The first-order valence-electron chi connectivity index (χ1n) is 12.9. The number of amides is 1. The number of aromatic amines is 1. The molecule has 5 rings (SSSR count). The van der Waals surface area contributed by atoms with Gasteiger partial charge in [0, 0.05) is 23.6 Å². The SMILES string of the molecule is COc1ccc(C(C)(C)C)cc1/C(O)=C1\C(=O)C(=O)N(CCc2c[nH]c3ccccc23)C1c1cccc(O)c1. The van der Waals surface area contributed by atoms with Crippen molar-refractivity contribution in [3.05, 3.63) is 101 Å². The first kappa shape index (κ1) is 26.1. The highest BCUT2D eigenvalue weighted by Gasteiger charge is 2.46. The maximum absolute atomic E-state index is 13.5. The molecule has 200 valence electrons. The Bertz CT molecular complexity index is 1610. The maximum Gasteiger partial charge on any atom is 0.295 e. The smallest absolute Gasteiger partial charge is 0.295 e. The van der Waals surface area contributed by atoms with Crippen LogP contribution < -0.4 is 4.74 Å². The van der Waals surface area contributed by atoms with Gasteiger partial charge in [0.25, 0.3) is 11.7 Å². The molecule has 3 aromatic carbocycles. The number of fused-ring (bicyclic) bond motifs is 1. The lowest BCUT2D eigenvalue weighted by Crippen LogP contribution is -2.31. The summed E-state index contributed by atoms with van der Waals surface area (Å²) < 4.78 is 5.53. The van der Waals surface area contributed by atoms with Crippen LogP contribution in [0.2, 0.25) is 0 Å². The molecule has 2 heterocycles. The summed E-state index contributed by atoms with van der Waals surface area (Å²) in [6, 6.07) is 18.9. The van der Waals surface area contributed by atoms with Crippen molar-refractivity contribution < 1.29 is 24.5 Å². The van der Waals surface area contributed by atoms with Gasteiger partial charge in [-0.1, -0.05) is 57.2 Å². The molecule has 0 aliphatic carbocycles. The fourth-order valence-corrected chi connectivity index (χ4v) is 5.24. The number of nitrogens with one attached hydrogen (secondary N) is 1. The number of phenols is 1. The summed E-state index contributed by atoms with van der Waals surface area (Å²) in [6.07, 6.45) is 2.41. The molecule has 3 N–H and O–H groups in total. The second-order valence-electron chi connectivity index (χ2n) is 10.9. The molecular weight excluding hydrogens is 492 g/mol. The summed E-state index contributed by atoms with van der Waals surface area (Å²) in [6.45, 7) is 6.39. The molecule has 7 heteroatoms. The van der Waals surface area contributed by atoms with E-state index >= 15 is 0 Å². The number of H-pyrrole nitrogens is 1. The number of nitrogens with zero attached hydrogens (tertiary/aromatic N) is 1. The molecule has 1 saturated heterocycles. The van der Waals surface area contributed by atoms with E-state index in [0.717, 1.165) is 22.0 Å². The van der Waals surface area contributed by atoms with Crippen molar-refractivity contribution in [2.75, 3.05) is 13.7 Å². The predicted octanol–water partition coefficient (Wildman–Crippen LogP) is 5.84. The fraction of sp³-hybridized carbons (Fsp3) is 0.250. The normalized spacial score (nSPS) is 17.2. The van der Waals surface area contributed by atoms with E-state index in [1.165, 1.54) is 24.1 Å². The van der Waals surface area contributed by atoms with E-state index in [-0.39, 0.29) is 29.0 Å². The van der Waals surface area contributed by atoms with Crippen molar-refractivity contribution in [3.8, 4) is 11.5 Å². The summed E-state index contributed by atoms with van der Waals surface area (Å²) in [4.78, 5) is 31.7. The Morgan fingerprint density at radius 3 is 2.51 bits per heavy atom. The first-order valence-corrected chi connectivity index (χ1v) is 12.9. The molecule has 1 unspecified atom stereocenters. The number of para-hydroxylation sites is 1. The van der Waals surface area contributed by atoms with E-state index in [1.807, 2.05) is 36.5 Å². The Balaban J connectivity index is 1.63. The number of methoxy groups -OCH3 is 1. The number of aliphatic hydroxyl groups excluding tert-OH is 1. The largest absolute Gasteiger partial charge is 0.508 e. The van der Waals surface area contributed by atoms with Crippen LogP contribution in [0.15, 0.2) is 78.5 Å². The second-order valence-corrected chi connectivity index (χ2v) is 10.9. The molecule has 1 aromatic heterocycles. The summed E-state index contributed by atoms with van der Waals surface area (Å²) >= 11 is 0. The van der Waals surface area contributed by atoms with E-state index in [9.17, 15) is 19.8 Å². The number of benzene rings is 3. The van der Waals surface area contributed by atoms with Crippen molar-refractivity contribution in [3.63, 3.8) is 0 Å². The molecule has 1 aliphatic heterocycles. The molecule has 39 heavy (non-hydrogen) atoms. The maximum atomic E-state index is 13.5. The van der Waals surface area contributed by atoms with E-state index in [0.29, 0.717) is 23.3 Å². The lowest BCUT2D eigenvalue weighted by Gasteiger charge is -2.26. The molecule has 1 fully saturated rings. The number of hydrogen-bond acceptors (Lipinski definition) is 5. The number of rotatable bonds is 6. The van der Waals surface area contributed by atoms with Crippen LogP contribution in [0.5, 0.6) is 11.5 Å². The highest BCUT2D eigenvalue weighted by Crippen LogP contribution is 2.42. The Kier molecular flexibility index (Phi) is 6.68. The number of Topliss-reactive ketones (excluding diaryl/α,β-unsaturated/α-hetero) is 1. The number of hydrogen-bond donors (Lipinski definition) is 3. The number of likely N-dealkylation sites (tertiary alicyclic amines) is 1. The number of carbonyl (C=O) groups excluding carboxylic acids is 2. The van der Waals surface area contributed by atoms with Crippen LogP contribution in [0.1, 0.15) is 49.1 Å². The van der Waals surface area contributed by atoms with Crippen LogP contribution in [0.3, 0.4) is 0 Å². The molecule has 7 nitrogen and oxygen atoms in total. The standard InChI is InChI=1S/C32H32N2O5/c1-32(2,3)21-12-13-26(39-4)24(17-21)29(36)27-28(19-8-7-9-22(35)16-19)34(31(38)30(27)37)15-14-20-18-33-25-11-6-5-10-23(20)25/h5-13,16-18,28,33,35-36H,14-15H2,1-4H3/b29-27+. The lowest BCUT2D eigenvalue weighted by molar-refractivity contribution is -0.139. The van der Waals surface area contributed by atoms with Crippen molar-refractivity contribution in [2.45, 2.75) is 38.6 Å². The predicted molar refractivity (Wildman–Crippen MR) is 151 cm³/mol. The average molecular weight is 525 g/mol. The molecule has 4 aromatic rings. The molecule has 0 spiro atoms. The van der Waals surface area contributed by atoms with Crippen molar-refractivity contribution in [2.24, 2.45) is 0 Å². The Morgan fingerprint density at radius 1 is 1.03 bits per heavy atom. The van der Waals surface area contributed by atoms with Crippen LogP contribution >= 0.6 is 0 Å². The van der Waals surface area contributed by atoms with Crippen LogP contribution in [0, 0.1) is 0 Å². The number of aromatic hydroxyl groups is 1. The van der Waals surface area contributed by atoms with E-state index in [1.54, 1.807) is 24.3 Å². The van der Waals surface area contributed by atoms with Gasteiger partial charge in [-0.2, -0.15) is 0 Å². The zero-order valence-corrected chi connectivity index (χ0v) is 22.5. The Labute approximate surface area is 227 Å². The van der Waals surface area contributed by atoms with Crippen LogP contribution in [0.4, 0.5) is 0 Å². The lowest BCUT2D eigenvalue weighted by atomic mass is 9.85. The number of phenolic OH excluding ortho intramolecular Hbond substituents is 1. The van der Waals surface area contributed by atoms with Gasteiger partial charge in [0.2, 0.25) is 0 Å². The quantitative estimate of drug-likeness (QED) is 0.167. The number of ketones is 1. The monoisotopic (exact) mass is 524 g/mol. The molecule has 0 saturated carbocycles. The van der Waals surface area contributed by atoms with Crippen molar-refractivity contribution >= 4 is 28.4 Å².